The number of hydrogen-bond acceptors (Lipinski definition) is 7. The monoisotopic (exact) mass is 718 g/mol. The molecule has 1 aromatic carbocycles. The Morgan fingerprint density at radius 2 is 1.65 bits per heavy atom. The molecule has 1 aromatic rings. The molecule has 0 radical (unpaired) electrons. The molecule has 0 amide bonds. The molecule has 1 heterocycles. The van der Waals surface area contributed by atoms with Gasteiger partial charge in [0.05, 0.1) is 24.2 Å². The Bertz CT molecular complexity index is 1690. The number of methoxy groups -OCH3 is 1. The second-order valence-corrected chi connectivity index (χ2v) is 21.0. The first kappa shape index (κ1) is 37.0. The summed E-state index contributed by atoms with van der Waals surface area (Å²) in [5.74, 6) is 2.55. The van der Waals surface area contributed by atoms with Crippen molar-refractivity contribution in [3.8, 4) is 0 Å². The summed E-state index contributed by atoms with van der Waals surface area (Å²) in [6, 6.07) is 8.01. The Hall–Kier alpha value is -2.29. The summed E-state index contributed by atoms with van der Waals surface area (Å²) in [5.41, 5.74) is 4.55. The van der Waals surface area contributed by atoms with Gasteiger partial charge < -0.3 is 15.0 Å². The summed E-state index contributed by atoms with van der Waals surface area (Å²) in [6.45, 7) is 20.2. The van der Waals surface area contributed by atoms with E-state index in [9.17, 15) is 18.0 Å². The molecular weight excluding hydrogens is 657 g/mol. The van der Waals surface area contributed by atoms with E-state index in [0.29, 0.717) is 42.3 Å². The van der Waals surface area contributed by atoms with Gasteiger partial charge in [0.1, 0.15) is 6.29 Å². The number of sulfone groups is 1. The third-order valence-corrected chi connectivity index (χ3v) is 18.2. The van der Waals surface area contributed by atoms with Crippen LogP contribution in [0.1, 0.15) is 108 Å². The third kappa shape index (κ3) is 5.75. The lowest BCUT2D eigenvalue weighted by atomic mass is 9.33. The first-order valence-electron chi connectivity index (χ1n) is 19.8. The molecule has 1 saturated heterocycles. The minimum Gasteiger partial charge on any atom is -0.465 e. The predicted molar refractivity (Wildman–Crippen MR) is 204 cm³/mol. The fourth-order valence-corrected chi connectivity index (χ4v) is 15.1. The molecule has 5 aliphatic carbocycles. The number of allylic oxidation sites excluding steroid dienone is 3. The number of ether oxygens (including phenoxy) is 1. The van der Waals surface area contributed by atoms with Gasteiger partial charge >= 0.3 is 5.97 Å². The fourth-order valence-electron chi connectivity index (χ4n) is 13.8. The maximum Gasteiger partial charge on any atom is 0.337 e. The van der Waals surface area contributed by atoms with Gasteiger partial charge in [-0.2, -0.15) is 0 Å². The molecule has 1 aliphatic heterocycles. The van der Waals surface area contributed by atoms with Crippen LogP contribution < -0.4 is 5.32 Å². The van der Waals surface area contributed by atoms with Crippen molar-refractivity contribution in [2.24, 2.45) is 51.2 Å². The second-order valence-electron chi connectivity index (χ2n) is 18.7. The van der Waals surface area contributed by atoms with E-state index in [2.05, 4.69) is 69.6 Å². The van der Waals surface area contributed by atoms with Crippen molar-refractivity contribution >= 4 is 27.7 Å². The molecule has 8 heteroatoms. The van der Waals surface area contributed by atoms with Crippen molar-refractivity contribution < 1.29 is 22.7 Å². The second kappa shape index (κ2) is 12.9. The standard InChI is InChI=1S/C43H62N2O5S/c1-29(28-46)32-14-19-43(44-22-23-45-24-26-51(48,49)27-25-45)21-20-41(5)34(37(32)43)12-13-36-40(4)17-15-33(30-8-10-31(11-9-30)38(47)50-7)39(2,3)35(40)16-18-42(36,41)6/h8-11,15,28,32,34-37,44H,1,12-14,16-27H2,2-7H3/t32-,34+,35-,36+,37+,40-,41+,42+,43-/m0/s1. The molecular formula is C43H62N2O5S. The lowest BCUT2D eigenvalue weighted by molar-refractivity contribution is -0.219. The van der Waals surface area contributed by atoms with Gasteiger partial charge in [0.25, 0.3) is 0 Å². The average molecular weight is 719 g/mol. The van der Waals surface area contributed by atoms with E-state index >= 15 is 0 Å². The van der Waals surface area contributed by atoms with E-state index in [4.69, 9.17) is 4.74 Å². The first-order valence-corrected chi connectivity index (χ1v) is 21.6. The van der Waals surface area contributed by atoms with Crippen LogP contribution in [-0.4, -0.2) is 75.9 Å². The van der Waals surface area contributed by atoms with E-state index < -0.39 is 9.84 Å². The lowest BCUT2D eigenvalue weighted by Crippen LogP contribution is -2.68. The fraction of sp³-hybridized carbons (Fsp3) is 0.721. The summed E-state index contributed by atoms with van der Waals surface area (Å²) in [7, 11) is -1.46. The van der Waals surface area contributed by atoms with Crippen LogP contribution >= 0.6 is 0 Å². The Labute approximate surface area is 307 Å². The molecule has 0 aromatic heterocycles. The minimum atomic E-state index is -2.89. The highest BCUT2D eigenvalue weighted by molar-refractivity contribution is 7.91. The van der Waals surface area contributed by atoms with Gasteiger partial charge in [-0.25, -0.2) is 13.2 Å². The number of carbonyl (C=O) groups is 2. The molecule has 7 nitrogen and oxygen atoms in total. The Morgan fingerprint density at radius 3 is 2.31 bits per heavy atom. The largest absolute Gasteiger partial charge is 0.465 e. The highest BCUT2D eigenvalue weighted by Crippen LogP contribution is 2.76. The molecule has 5 fully saturated rings. The molecule has 280 valence electrons. The van der Waals surface area contributed by atoms with Crippen LogP contribution in [0.5, 0.6) is 0 Å². The van der Waals surface area contributed by atoms with Crippen molar-refractivity contribution in [3.05, 3.63) is 53.6 Å². The Morgan fingerprint density at radius 1 is 0.941 bits per heavy atom. The molecule has 51 heavy (non-hydrogen) atoms. The van der Waals surface area contributed by atoms with Crippen molar-refractivity contribution in [1.82, 2.24) is 10.2 Å². The van der Waals surface area contributed by atoms with Gasteiger partial charge in [-0.1, -0.05) is 59.4 Å². The number of fused-ring (bicyclic) bond motifs is 7. The van der Waals surface area contributed by atoms with Crippen LogP contribution in [0.25, 0.3) is 5.57 Å². The van der Waals surface area contributed by atoms with Gasteiger partial charge in [-0.15, -0.1) is 0 Å². The summed E-state index contributed by atoms with van der Waals surface area (Å²) < 4.78 is 29.0. The highest BCUT2D eigenvalue weighted by Gasteiger charge is 2.70. The van der Waals surface area contributed by atoms with Gasteiger partial charge in [0, 0.05) is 31.7 Å². The topological polar surface area (TPSA) is 92.8 Å². The number of aldehydes is 1. The van der Waals surface area contributed by atoms with Crippen LogP contribution in [0.3, 0.4) is 0 Å². The maximum absolute atomic E-state index is 12.3. The lowest BCUT2D eigenvalue weighted by Gasteiger charge is -2.72. The molecule has 0 bridgehead atoms. The van der Waals surface area contributed by atoms with Crippen molar-refractivity contribution in [1.29, 1.82) is 0 Å². The van der Waals surface area contributed by atoms with E-state index in [1.165, 1.54) is 50.4 Å². The number of carbonyl (C=O) groups excluding carboxylic acids is 2. The number of benzene rings is 1. The van der Waals surface area contributed by atoms with E-state index in [0.717, 1.165) is 50.6 Å². The molecule has 0 spiro atoms. The van der Waals surface area contributed by atoms with E-state index in [1.54, 1.807) is 0 Å². The first-order chi connectivity index (χ1) is 24.1. The Kier molecular flexibility index (Phi) is 9.39. The molecule has 9 atom stereocenters. The van der Waals surface area contributed by atoms with Crippen LogP contribution in [-0.2, 0) is 19.4 Å². The molecule has 4 saturated carbocycles. The normalized spacial score (nSPS) is 41.2. The van der Waals surface area contributed by atoms with Crippen LogP contribution in [0.15, 0.2) is 42.5 Å². The molecule has 6 aliphatic rings. The van der Waals surface area contributed by atoms with Gasteiger partial charge in [0.2, 0.25) is 0 Å². The smallest absolute Gasteiger partial charge is 0.337 e. The summed E-state index contributed by atoms with van der Waals surface area (Å²) >= 11 is 0. The van der Waals surface area contributed by atoms with Gasteiger partial charge in [0.15, 0.2) is 9.84 Å². The predicted octanol–water partition coefficient (Wildman–Crippen LogP) is 7.38. The summed E-state index contributed by atoms with van der Waals surface area (Å²) in [4.78, 5) is 26.8. The number of rotatable bonds is 8. The number of nitrogens with zero attached hydrogens (tertiary/aromatic N) is 1. The minimum absolute atomic E-state index is 0.000835. The van der Waals surface area contributed by atoms with Crippen molar-refractivity contribution in [2.75, 3.05) is 44.8 Å². The van der Waals surface area contributed by atoms with E-state index in [1.807, 2.05) is 12.1 Å². The van der Waals surface area contributed by atoms with Crippen LogP contribution in [0.2, 0.25) is 0 Å². The number of esters is 1. The Balaban J connectivity index is 1.15. The quantitative estimate of drug-likeness (QED) is 0.171. The maximum atomic E-state index is 12.3. The zero-order valence-electron chi connectivity index (χ0n) is 32.1. The van der Waals surface area contributed by atoms with Crippen LogP contribution in [0, 0.1) is 51.2 Å². The van der Waals surface area contributed by atoms with Crippen molar-refractivity contribution in [2.45, 2.75) is 97.9 Å². The zero-order chi connectivity index (χ0) is 36.6. The number of hydrogen-bond donors (Lipinski definition) is 1. The summed E-state index contributed by atoms with van der Waals surface area (Å²) in [6.07, 6.45) is 14.0. The zero-order valence-corrected chi connectivity index (χ0v) is 32.9. The van der Waals surface area contributed by atoms with Crippen LogP contribution in [0.4, 0.5) is 0 Å². The summed E-state index contributed by atoms with van der Waals surface area (Å²) in [5, 5.41) is 4.12. The molecule has 1 N–H and O–H groups in total. The SMILES string of the molecule is C=C(C=O)[C@@H]1CC[C@]2(NCCN3CCS(=O)(=O)CC3)CC[C@]3(C)[C@H](CC[C@@H]4[C@@]5(C)CC=C(c6ccc(C(=O)OC)cc6)C(C)(C)[C@@H]5CC[C@]43C)[C@@H]12. The van der Waals surface area contributed by atoms with Gasteiger partial charge in [-0.3, -0.25) is 4.79 Å². The average Bonchev–Trinajstić information content (AvgIpc) is 3.48. The highest BCUT2D eigenvalue weighted by atomic mass is 32.2. The molecule has 0 unspecified atom stereocenters. The number of nitrogens with one attached hydrogen (secondary N) is 1. The van der Waals surface area contributed by atoms with Crippen molar-refractivity contribution in [3.63, 3.8) is 0 Å². The van der Waals surface area contributed by atoms with Gasteiger partial charge in [-0.05, 0) is 138 Å². The molecule has 7 rings (SSSR count). The van der Waals surface area contributed by atoms with E-state index in [-0.39, 0.29) is 50.6 Å². The third-order valence-electron chi connectivity index (χ3n) is 16.6.